The molecule has 3 aromatic carbocycles. The van der Waals surface area contributed by atoms with Crippen molar-refractivity contribution in [2.24, 2.45) is 0 Å². The fourth-order valence-corrected chi connectivity index (χ4v) is 4.61. The highest BCUT2D eigenvalue weighted by Crippen LogP contribution is 2.38. The predicted octanol–water partition coefficient (Wildman–Crippen LogP) is 3.73. The van der Waals surface area contributed by atoms with E-state index in [0.29, 0.717) is 0 Å². The van der Waals surface area contributed by atoms with Crippen LogP contribution in [-0.2, 0) is 14.8 Å². The Bertz CT molecular complexity index is 1270. The Morgan fingerprint density at radius 1 is 0.767 bits per heavy atom. The van der Waals surface area contributed by atoms with Crippen molar-refractivity contribution in [1.82, 2.24) is 4.31 Å². The first-order valence-corrected chi connectivity index (χ1v) is 10.5. The van der Waals surface area contributed by atoms with Crippen molar-refractivity contribution < 1.29 is 22.7 Å². The third-order valence-corrected chi connectivity index (χ3v) is 6.57. The van der Waals surface area contributed by atoms with Crippen LogP contribution in [0, 0.1) is 0 Å². The molecule has 1 aliphatic rings. The summed E-state index contributed by atoms with van der Waals surface area (Å²) in [5.41, 5.74) is 0.510. The summed E-state index contributed by atoms with van der Waals surface area (Å²) in [4.78, 5) is 26.0. The van der Waals surface area contributed by atoms with E-state index >= 15 is 0 Å². The summed E-state index contributed by atoms with van der Waals surface area (Å²) in [6, 6.07) is 22.7. The van der Waals surface area contributed by atoms with E-state index in [-0.39, 0.29) is 33.0 Å². The Labute approximate surface area is 174 Å². The van der Waals surface area contributed by atoms with Crippen LogP contribution < -0.4 is 0 Å². The number of carbonyl (C=O) groups is 2. The number of nitrogens with zero attached hydrogens (tertiary/aromatic N) is 1. The van der Waals surface area contributed by atoms with Crippen molar-refractivity contribution in [3.05, 3.63) is 107 Å². The minimum absolute atomic E-state index is 0.0343. The van der Waals surface area contributed by atoms with Crippen LogP contribution in [0.15, 0.2) is 95.5 Å². The molecule has 7 heteroatoms. The molecule has 1 aliphatic heterocycles. The second-order valence-electron chi connectivity index (χ2n) is 6.60. The third-order valence-electron chi connectivity index (χ3n) is 4.76. The Balaban J connectivity index is 1.93. The van der Waals surface area contributed by atoms with Crippen molar-refractivity contribution in [1.29, 1.82) is 0 Å². The highest BCUT2D eigenvalue weighted by molar-refractivity contribution is 7.89. The van der Waals surface area contributed by atoms with Gasteiger partial charge in [-0.1, -0.05) is 60.7 Å². The molecule has 4 rings (SSSR count). The third kappa shape index (κ3) is 3.29. The van der Waals surface area contributed by atoms with Crippen molar-refractivity contribution in [3.8, 4) is 0 Å². The van der Waals surface area contributed by atoms with Crippen LogP contribution in [0.25, 0.3) is 5.76 Å². The van der Waals surface area contributed by atoms with E-state index < -0.39 is 21.8 Å². The zero-order chi connectivity index (χ0) is 21.3. The number of hydrogen-bond acceptors (Lipinski definition) is 5. The van der Waals surface area contributed by atoms with Gasteiger partial charge in [0.25, 0.3) is 10.0 Å². The second kappa shape index (κ2) is 7.61. The maximum atomic E-state index is 13.3. The molecule has 0 aromatic heterocycles. The van der Waals surface area contributed by atoms with Gasteiger partial charge < -0.3 is 4.74 Å². The van der Waals surface area contributed by atoms with Crippen LogP contribution in [-0.4, -0.2) is 31.5 Å². The zero-order valence-corrected chi connectivity index (χ0v) is 16.8. The van der Waals surface area contributed by atoms with Gasteiger partial charge in [-0.2, -0.15) is 0 Å². The van der Waals surface area contributed by atoms with Crippen LogP contribution in [0.2, 0.25) is 0 Å². The maximum absolute atomic E-state index is 13.3. The number of fused-ring (bicyclic) bond motifs is 1. The van der Waals surface area contributed by atoms with Crippen LogP contribution in [0.1, 0.15) is 26.3 Å². The summed E-state index contributed by atoms with van der Waals surface area (Å²) >= 11 is 0. The van der Waals surface area contributed by atoms with Gasteiger partial charge in [-0.05, 0) is 24.3 Å². The Hall–Kier alpha value is -3.71. The molecule has 1 heterocycles. The summed E-state index contributed by atoms with van der Waals surface area (Å²) in [6.07, 6.45) is 0. The predicted molar refractivity (Wildman–Crippen MR) is 111 cm³/mol. The van der Waals surface area contributed by atoms with E-state index in [1.165, 1.54) is 19.2 Å². The highest BCUT2D eigenvalue weighted by Gasteiger charge is 2.39. The van der Waals surface area contributed by atoms with Gasteiger partial charge in [-0.25, -0.2) is 13.2 Å². The van der Waals surface area contributed by atoms with Crippen molar-refractivity contribution in [3.63, 3.8) is 0 Å². The molecule has 150 valence electrons. The van der Waals surface area contributed by atoms with Gasteiger partial charge in [0.2, 0.25) is 5.78 Å². The molecule has 0 bridgehead atoms. The van der Waals surface area contributed by atoms with Gasteiger partial charge >= 0.3 is 5.97 Å². The number of ether oxygens (including phenoxy) is 1. The molecule has 0 aliphatic carbocycles. The van der Waals surface area contributed by atoms with E-state index in [4.69, 9.17) is 4.74 Å². The fourth-order valence-electron chi connectivity index (χ4n) is 3.22. The van der Waals surface area contributed by atoms with Crippen LogP contribution in [0.3, 0.4) is 0 Å². The number of sulfonamides is 1. The number of hydrogen-bond donors (Lipinski definition) is 0. The van der Waals surface area contributed by atoms with E-state index in [1.54, 1.807) is 72.8 Å². The zero-order valence-electron chi connectivity index (χ0n) is 16.0. The van der Waals surface area contributed by atoms with Gasteiger partial charge in [0.1, 0.15) is 5.70 Å². The minimum atomic E-state index is -3.99. The fraction of sp³-hybridized carbons (Fsp3) is 0.0435. The SMILES string of the molecule is CN1C(C(=O)c2ccccc2)=C(OC(=O)c2ccccc2)c2ccccc2S1(=O)=O. The molecule has 0 N–H and O–H groups in total. The molecule has 6 nitrogen and oxygen atoms in total. The van der Waals surface area contributed by atoms with Gasteiger partial charge in [-0.15, -0.1) is 0 Å². The Kier molecular flexibility index (Phi) is 4.97. The average molecular weight is 419 g/mol. The lowest BCUT2D eigenvalue weighted by atomic mass is 10.0. The smallest absolute Gasteiger partial charge is 0.343 e. The van der Waals surface area contributed by atoms with Gasteiger partial charge in [-0.3, -0.25) is 9.10 Å². The lowest BCUT2D eigenvalue weighted by Crippen LogP contribution is -2.36. The summed E-state index contributed by atoms with van der Waals surface area (Å²) < 4.78 is 32.6. The van der Waals surface area contributed by atoms with E-state index in [0.717, 1.165) is 4.31 Å². The molecule has 3 aromatic rings. The van der Waals surface area contributed by atoms with E-state index in [9.17, 15) is 18.0 Å². The average Bonchev–Trinajstić information content (AvgIpc) is 2.78. The van der Waals surface area contributed by atoms with Crippen LogP contribution >= 0.6 is 0 Å². The van der Waals surface area contributed by atoms with Crippen molar-refractivity contribution >= 4 is 27.5 Å². The number of likely N-dealkylation sites (N-methyl/N-ethyl adjacent to an activating group) is 1. The molecular formula is C23H17NO5S. The molecule has 0 atom stereocenters. The molecule has 0 amide bonds. The Morgan fingerprint density at radius 3 is 1.93 bits per heavy atom. The number of ketones is 1. The standard InChI is InChI=1S/C23H17NO5S/c1-24-20(21(25)16-10-4-2-5-11-16)22(29-23(26)17-12-6-3-7-13-17)18-14-8-9-15-19(18)30(24,27)28/h2-15H,1H3. The summed E-state index contributed by atoms with van der Waals surface area (Å²) in [5, 5.41) is 0. The molecule has 0 saturated carbocycles. The summed E-state index contributed by atoms with van der Waals surface area (Å²) in [6.45, 7) is 0. The number of allylic oxidation sites excluding steroid dienone is 1. The molecular weight excluding hydrogens is 402 g/mol. The number of carbonyl (C=O) groups excluding carboxylic acids is 2. The molecule has 0 saturated heterocycles. The first-order valence-electron chi connectivity index (χ1n) is 9.11. The van der Waals surface area contributed by atoms with E-state index in [2.05, 4.69) is 0 Å². The lowest BCUT2D eigenvalue weighted by molar-refractivity contribution is 0.0686. The minimum Gasteiger partial charge on any atom is -0.420 e. The number of rotatable bonds is 4. The van der Waals surface area contributed by atoms with Crippen LogP contribution in [0.5, 0.6) is 0 Å². The lowest BCUT2D eigenvalue weighted by Gasteiger charge is -2.30. The van der Waals surface area contributed by atoms with Gasteiger partial charge in [0.05, 0.1) is 10.5 Å². The van der Waals surface area contributed by atoms with Gasteiger partial charge in [0, 0.05) is 18.2 Å². The largest absolute Gasteiger partial charge is 0.420 e. The first-order chi connectivity index (χ1) is 14.4. The summed E-state index contributed by atoms with van der Waals surface area (Å²) in [5.74, 6) is -1.34. The van der Waals surface area contributed by atoms with E-state index in [1.807, 2.05) is 0 Å². The van der Waals surface area contributed by atoms with Crippen molar-refractivity contribution in [2.75, 3.05) is 7.05 Å². The molecule has 0 fully saturated rings. The first kappa shape index (κ1) is 19.6. The Morgan fingerprint density at radius 2 is 1.30 bits per heavy atom. The topological polar surface area (TPSA) is 80.8 Å². The summed E-state index contributed by atoms with van der Waals surface area (Å²) in [7, 11) is -2.72. The quantitative estimate of drug-likeness (QED) is 0.476. The van der Waals surface area contributed by atoms with Crippen LogP contribution in [0.4, 0.5) is 0 Å². The molecule has 30 heavy (non-hydrogen) atoms. The number of benzene rings is 3. The maximum Gasteiger partial charge on any atom is 0.343 e. The highest BCUT2D eigenvalue weighted by atomic mass is 32.2. The number of esters is 1. The molecule has 0 spiro atoms. The molecule has 0 radical (unpaired) electrons. The number of Topliss-reactive ketones (excluding diaryl/α,β-unsaturated/α-hetero) is 1. The molecule has 0 unspecified atom stereocenters. The second-order valence-corrected chi connectivity index (χ2v) is 8.53. The normalized spacial score (nSPS) is 14.8. The van der Waals surface area contributed by atoms with Crippen molar-refractivity contribution in [2.45, 2.75) is 4.90 Å². The monoisotopic (exact) mass is 419 g/mol. The van der Waals surface area contributed by atoms with Gasteiger partial charge in [0.15, 0.2) is 5.76 Å².